The van der Waals surface area contributed by atoms with Gasteiger partial charge in [0.1, 0.15) is 29.6 Å². The van der Waals surface area contributed by atoms with Crippen LogP contribution in [-0.2, 0) is 6.61 Å². The zero-order valence-corrected chi connectivity index (χ0v) is 19.3. The van der Waals surface area contributed by atoms with Gasteiger partial charge in [-0.2, -0.15) is 9.97 Å². The molecule has 2 N–H and O–H groups in total. The summed E-state index contributed by atoms with van der Waals surface area (Å²) in [6, 6.07) is 19.7. The molecule has 36 heavy (non-hydrogen) atoms. The van der Waals surface area contributed by atoms with Crippen molar-refractivity contribution in [1.29, 1.82) is 0 Å². The van der Waals surface area contributed by atoms with Crippen LogP contribution in [0.2, 0.25) is 0 Å². The molecule has 4 heterocycles. The molecule has 0 saturated carbocycles. The number of nitrogens with one attached hydrogen (secondary N) is 2. The average Bonchev–Trinajstić information content (AvgIpc) is 3.53. The minimum absolute atomic E-state index is 0.202. The summed E-state index contributed by atoms with van der Waals surface area (Å²) in [6.07, 6.45) is 3.25. The molecule has 10 heteroatoms. The molecular formula is C26H21FN8O. The van der Waals surface area contributed by atoms with Gasteiger partial charge in [0.15, 0.2) is 11.5 Å². The largest absolute Gasteiger partial charge is 0.458 e. The molecule has 0 unspecified atom stereocenters. The number of aromatic nitrogens is 7. The van der Waals surface area contributed by atoms with E-state index in [1.807, 2.05) is 60.0 Å². The topological polar surface area (TPSA) is 106 Å². The molecule has 0 aliphatic heterocycles. The van der Waals surface area contributed by atoms with Gasteiger partial charge in [-0.25, -0.2) is 19.3 Å². The van der Waals surface area contributed by atoms with Crippen molar-refractivity contribution >= 4 is 28.0 Å². The van der Waals surface area contributed by atoms with Crippen molar-refractivity contribution in [2.75, 3.05) is 5.32 Å². The maximum absolute atomic E-state index is 14.1. The number of hydrogen-bond acceptors (Lipinski definition) is 7. The summed E-state index contributed by atoms with van der Waals surface area (Å²) in [5, 5.41) is 3.40. The van der Waals surface area contributed by atoms with Gasteiger partial charge in [0.25, 0.3) is 0 Å². The number of H-pyrrole nitrogens is 1. The third-order valence-electron chi connectivity index (χ3n) is 5.74. The fourth-order valence-corrected chi connectivity index (χ4v) is 4.06. The van der Waals surface area contributed by atoms with E-state index in [9.17, 15) is 4.39 Å². The summed E-state index contributed by atoms with van der Waals surface area (Å²) in [5.41, 5.74) is 3.40. The van der Waals surface area contributed by atoms with Crippen LogP contribution in [0.25, 0.3) is 28.0 Å². The lowest BCUT2D eigenvalue weighted by atomic mass is 10.2. The number of hydrogen-bond donors (Lipinski definition) is 2. The van der Waals surface area contributed by atoms with Crippen molar-refractivity contribution in [2.45, 2.75) is 19.6 Å². The van der Waals surface area contributed by atoms with E-state index in [4.69, 9.17) is 9.72 Å². The van der Waals surface area contributed by atoms with Crippen LogP contribution in [0.5, 0.6) is 6.01 Å². The number of anilines is 1. The van der Waals surface area contributed by atoms with Crippen molar-refractivity contribution in [1.82, 2.24) is 34.5 Å². The van der Waals surface area contributed by atoms with E-state index in [0.29, 0.717) is 46.3 Å². The van der Waals surface area contributed by atoms with Crippen molar-refractivity contribution < 1.29 is 9.13 Å². The van der Waals surface area contributed by atoms with E-state index in [1.54, 1.807) is 18.6 Å². The molecule has 0 radical (unpaired) electrons. The lowest BCUT2D eigenvalue weighted by Crippen LogP contribution is -2.15. The van der Waals surface area contributed by atoms with Gasteiger partial charge in [-0.1, -0.05) is 36.4 Å². The Bertz CT molecular complexity index is 1650. The molecule has 6 aromatic rings. The summed E-state index contributed by atoms with van der Waals surface area (Å²) in [6.45, 7) is 2.28. The number of rotatable bonds is 7. The third-order valence-corrected chi connectivity index (χ3v) is 5.74. The van der Waals surface area contributed by atoms with Crippen molar-refractivity contribution in [3.63, 3.8) is 0 Å². The number of nitrogens with zero attached hydrogens (tertiary/aromatic N) is 6. The summed E-state index contributed by atoms with van der Waals surface area (Å²) in [5.74, 6) is 1.45. The van der Waals surface area contributed by atoms with Crippen LogP contribution in [0.4, 0.5) is 10.2 Å². The van der Waals surface area contributed by atoms with Crippen LogP contribution in [-0.4, -0.2) is 34.5 Å². The minimum atomic E-state index is -0.345. The predicted molar refractivity (Wildman–Crippen MR) is 133 cm³/mol. The lowest BCUT2D eigenvalue weighted by molar-refractivity contribution is 0.282. The molecule has 0 fully saturated rings. The Labute approximate surface area is 205 Å². The van der Waals surface area contributed by atoms with Gasteiger partial charge in [0, 0.05) is 12.3 Å². The molecule has 6 rings (SSSR count). The molecule has 4 aromatic heterocycles. The second-order valence-electron chi connectivity index (χ2n) is 8.22. The number of ether oxygens (including phenoxy) is 1. The van der Waals surface area contributed by atoms with Gasteiger partial charge >= 0.3 is 6.01 Å². The number of benzene rings is 2. The molecule has 0 saturated heterocycles. The van der Waals surface area contributed by atoms with E-state index in [1.165, 1.54) is 12.1 Å². The SMILES string of the molecule is C[C@@H](Nc1nc(OCc2ccccc2)nc2nc[nH]c12)c1nc2ccc(F)cc2n1-c1ccccn1. The molecule has 1 atom stereocenters. The summed E-state index contributed by atoms with van der Waals surface area (Å²) in [7, 11) is 0. The number of imidazole rings is 2. The maximum atomic E-state index is 14.1. The first-order valence-electron chi connectivity index (χ1n) is 11.4. The smallest absolute Gasteiger partial charge is 0.320 e. The fourth-order valence-electron chi connectivity index (χ4n) is 4.06. The molecule has 0 amide bonds. The van der Waals surface area contributed by atoms with Crippen LogP contribution >= 0.6 is 0 Å². The Hall–Kier alpha value is -4.86. The number of pyridine rings is 1. The Morgan fingerprint density at radius 3 is 2.69 bits per heavy atom. The zero-order valence-electron chi connectivity index (χ0n) is 19.3. The molecule has 9 nitrogen and oxygen atoms in total. The molecular weight excluding hydrogens is 459 g/mol. The second-order valence-corrected chi connectivity index (χ2v) is 8.22. The van der Waals surface area contributed by atoms with Gasteiger partial charge in [0.2, 0.25) is 0 Å². The van der Waals surface area contributed by atoms with Crippen LogP contribution in [0.1, 0.15) is 24.4 Å². The Kier molecular flexibility index (Phi) is 5.45. The Morgan fingerprint density at radius 1 is 1.00 bits per heavy atom. The first-order chi connectivity index (χ1) is 17.7. The number of aromatic amines is 1. The summed E-state index contributed by atoms with van der Waals surface area (Å²) < 4.78 is 21.9. The van der Waals surface area contributed by atoms with Crippen LogP contribution < -0.4 is 10.1 Å². The summed E-state index contributed by atoms with van der Waals surface area (Å²) in [4.78, 5) is 25.6. The lowest BCUT2D eigenvalue weighted by Gasteiger charge is -2.17. The van der Waals surface area contributed by atoms with E-state index in [-0.39, 0.29) is 17.9 Å². The molecule has 0 aliphatic rings. The highest BCUT2D eigenvalue weighted by molar-refractivity contribution is 5.83. The molecule has 0 spiro atoms. The van der Waals surface area contributed by atoms with Crippen LogP contribution in [0, 0.1) is 5.82 Å². The van der Waals surface area contributed by atoms with Gasteiger partial charge in [0.05, 0.1) is 23.4 Å². The summed E-state index contributed by atoms with van der Waals surface area (Å²) >= 11 is 0. The second kappa shape index (κ2) is 9.06. The van der Waals surface area contributed by atoms with Gasteiger partial charge in [-0.05, 0) is 36.8 Å². The van der Waals surface area contributed by atoms with Gasteiger partial charge in [-0.3, -0.25) is 4.57 Å². The van der Waals surface area contributed by atoms with Crippen molar-refractivity contribution in [3.8, 4) is 11.8 Å². The maximum Gasteiger partial charge on any atom is 0.320 e. The minimum Gasteiger partial charge on any atom is -0.458 e. The Balaban J connectivity index is 1.37. The quantitative estimate of drug-likeness (QED) is 0.332. The highest BCUT2D eigenvalue weighted by atomic mass is 19.1. The van der Waals surface area contributed by atoms with Crippen LogP contribution in [0.3, 0.4) is 0 Å². The standard InChI is InChI=1S/C26H21FN8O/c1-16(25-32-19-11-10-18(27)13-20(19)35(25)21-9-5-6-12-28-21)31-24-22-23(30-15-29-22)33-26(34-24)36-14-17-7-3-2-4-8-17/h2-13,15-16H,14H2,1H3,(H2,29,30,31,33,34)/t16-/m1/s1. The molecule has 0 bridgehead atoms. The molecule has 2 aromatic carbocycles. The van der Waals surface area contributed by atoms with E-state index in [0.717, 1.165) is 5.56 Å². The fraction of sp³-hybridized carbons (Fsp3) is 0.115. The zero-order chi connectivity index (χ0) is 24.5. The van der Waals surface area contributed by atoms with E-state index in [2.05, 4.69) is 30.2 Å². The van der Waals surface area contributed by atoms with Crippen LogP contribution in [0.15, 0.2) is 79.3 Å². The monoisotopic (exact) mass is 480 g/mol. The van der Waals surface area contributed by atoms with Gasteiger partial charge < -0.3 is 15.0 Å². The predicted octanol–water partition coefficient (Wildman–Crippen LogP) is 4.98. The molecule has 178 valence electrons. The third kappa shape index (κ3) is 4.09. The highest BCUT2D eigenvalue weighted by Crippen LogP contribution is 2.29. The normalized spacial score (nSPS) is 12.2. The number of fused-ring (bicyclic) bond motifs is 2. The first-order valence-corrected chi connectivity index (χ1v) is 11.4. The Morgan fingerprint density at radius 2 is 1.86 bits per heavy atom. The van der Waals surface area contributed by atoms with Crippen molar-refractivity contribution in [2.24, 2.45) is 0 Å². The van der Waals surface area contributed by atoms with E-state index >= 15 is 0 Å². The first kappa shape index (κ1) is 21.7. The van der Waals surface area contributed by atoms with E-state index < -0.39 is 0 Å². The van der Waals surface area contributed by atoms with Crippen molar-refractivity contribution in [3.05, 3.63) is 96.5 Å². The molecule has 0 aliphatic carbocycles. The highest BCUT2D eigenvalue weighted by Gasteiger charge is 2.21. The van der Waals surface area contributed by atoms with Gasteiger partial charge in [-0.15, -0.1) is 0 Å². The number of halogens is 1. The average molecular weight is 481 g/mol.